The molecule has 1 aromatic carbocycles. The number of thioether (sulfide) groups is 1. The lowest BCUT2D eigenvalue weighted by molar-refractivity contribution is -0.0328. The highest BCUT2D eigenvalue weighted by Gasteiger charge is 2.29. The second-order valence-electron chi connectivity index (χ2n) is 3.41. The van der Waals surface area contributed by atoms with E-state index >= 15 is 0 Å². The number of carbonyl (C=O) groups excluding carboxylic acids is 1. The van der Waals surface area contributed by atoms with Gasteiger partial charge in [-0.05, 0) is 35.5 Å². The highest BCUT2D eigenvalue weighted by Crippen LogP contribution is 2.37. The van der Waals surface area contributed by atoms with Crippen molar-refractivity contribution in [3.8, 4) is 0 Å². The normalized spacial score (nSPS) is 11.6. The number of hydrogen-bond donors (Lipinski definition) is 0. The van der Waals surface area contributed by atoms with Gasteiger partial charge in [0, 0.05) is 28.1 Å². The molecular formula is C11H9BrClF3OS. The van der Waals surface area contributed by atoms with E-state index in [4.69, 9.17) is 11.6 Å². The third kappa shape index (κ3) is 5.20. The van der Waals surface area contributed by atoms with Crippen molar-refractivity contribution in [3.05, 3.63) is 29.3 Å². The molecule has 0 fully saturated rings. The molecule has 0 radical (unpaired) electrons. The number of rotatable bonds is 5. The highest BCUT2D eigenvalue weighted by atomic mass is 79.9. The average molecular weight is 362 g/mol. The number of halogens is 5. The van der Waals surface area contributed by atoms with Crippen molar-refractivity contribution in [1.82, 2.24) is 0 Å². The first-order chi connectivity index (χ1) is 8.35. The zero-order chi connectivity index (χ0) is 13.8. The number of benzene rings is 1. The van der Waals surface area contributed by atoms with Crippen molar-refractivity contribution in [2.24, 2.45) is 0 Å². The maximum atomic E-state index is 12.3. The lowest BCUT2D eigenvalue weighted by Crippen LogP contribution is -2.03. The molecule has 0 saturated carbocycles. The molecule has 7 heteroatoms. The predicted molar refractivity (Wildman–Crippen MR) is 70.7 cm³/mol. The van der Waals surface area contributed by atoms with E-state index in [0.29, 0.717) is 10.9 Å². The Labute approximate surface area is 120 Å². The van der Waals surface area contributed by atoms with Crippen LogP contribution in [0, 0.1) is 0 Å². The molecule has 0 atom stereocenters. The van der Waals surface area contributed by atoms with Crippen LogP contribution in [0.5, 0.6) is 0 Å². The zero-order valence-electron chi connectivity index (χ0n) is 9.06. The Morgan fingerprint density at radius 2 is 2.00 bits per heavy atom. The van der Waals surface area contributed by atoms with E-state index < -0.39 is 5.51 Å². The van der Waals surface area contributed by atoms with Gasteiger partial charge in [0.15, 0.2) is 5.78 Å². The number of alkyl halides is 5. The summed E-state index contributed by atoms with van der Waals surface area (Å²) in [5, 5.41) is 0.389. The van der Waals surface area contributed by atoms with E-state index in [9.17, 15) is 18.0 Å². The number of ketones is 1. The Bertz CT molecular complexity index is 437. The highest BCUT2D eigenvalue weighted by molar-refractivity contribution is 9.08. The molecule has 0 amide bonds. The van der Waals surface area contributed by atoms with Gasteiger partial charge in [0.05, 0.1) is 0 Å². The van der Waals surface area contributed by atoms with Crippen LogP contribution in [-0.4, -0.2) is 17.2 Å². The average Bonchev–Trinajstić information content (AvgIpc) is 2.26. The van der Waals surface area contributed by atoms with Gasteiger partial charge in [-0.25, -0.2) is 0 Å². The van der Waals surface area contributed by atoms with Crippen molar-refractivity contribution in [2.75, 3.05) is 5.88 Å². The quantitative estimate of drug-likeness (QED) is 0.417. The second kappa shape index (κ2) is 6.82. The van der Waals surface area contributed by atoms with Gasteiger partial charge in [0.25, 0.3) is 0 Å². The van der Waals surface area contributed by atoms with E-state index in [1.165, 1.54) is 12.1 Å². The van der Waals surface area contributed by atoms with Gasteiger partial charge >= 0.3 is 5.51 Å². The lowest BCUT2D eigenvalue weighted by Gasteiger charge is -2.09. The Morgan fingerprint density at radius 1 is 1.33 bits per heavy atom. The van der Waals surface area contributed by atoms with E-state index in [2.05, 4.69) is 15.9 Å². The third-order valence-corrected chi connectivity index (χ3v) is 3.54. The monoisotopic (exact) mass is 360 g/mol. The fourth-order valence-corrected chi connectivity index (χ4v) is 2.48. The Kier molecular flexibility index (Phi) is 6.01. The molecule has 1 aromatic rings. The molecule has 100 valence electrons. The van der Waals surface area contributed by atoms with Crippen LogP contribution in [0.1, 0.15) is 22.3 Å². The molecule has 18 heavy (non-hydrogen) atoms. The minimum atomic E-state index is -4.36. The smallest absolute Gasteiger partial charge is 0.294 e. The molecule has 0 aliphatic rings. The van der Waals surface area contributed by atoms with Gasteiger partial charge in [-0.3, -0.25) is 4.79 Å². The fraction of sp³-hybridized carbons (Fsp3) is 0.364. The predicted octanol–water partition coefficient (Wildman–Crippen LogP) is 5.01. The molecule has 1 nitrogen and oxygen atoms in total. The molecule has 0 aromatic heterocycles. The van der Waals surface area contributed by atoms with E-state index in [1.54, 1.807) is 6.07 Å². The van der Waals surface area contributed by atoms with Crippen LogP contribution in [0.2, 0.25) is 0 Å². The summed E-state index contributed by atoms with van der Waals surface area (Å²) in [4.78, 5) is 11.7. The molecule has 0 spiro atoms. The summed E-state index contributed by atoms with van der Waals surface area (Å²) in [5.41, 5.74) is -3.47. The van der Waals surface area contributed by atoms with E-state index in [-0.39, 0.29) is 40.3 Å². The summed E-state index contributed by atoms with van der Waals surface area (Å²) in [6.45, 7) is 0. The maximum Gasteiger partial charge on any atom is 0.446 e. The summed E-state index contributed by atoms with van der Waals surface area (Å²) < 4.78 is 36.9. The van der Waals surface area contributed by atoms with Crippen LogP contribution in [-0.2, 0) is 5.33 Å². The molecule has 0 aliphatic heterocycles. The topological polar surface area (TPSA) is 17.1 Å². The molecule has 1 rings (SSSR count). The van der Waals surface area contributed by atoms with Gasteiger partial charge in [-0.2, -0.15) is 13.2 Å². The van der Waals surface area contributed by atoms with Crippen LogP contribution in [0.15, 0.2) is 23.1 Å². The van der Waals surface area contributed by atoms with Crippen molar-refractivity contribution < 1.29 is 18.0 Å². The van der Waals surface area contributed by atoms with Crippen molar-refractivity contribution in [3.63, 3.8) is 0 Å². The maximum absolute atomic E-state index is 12.3. The first-order valence-corrected chi connectivity index (χ1v) is 7.38. The molecule has 0 unspecified atom stereocenters. The minimum absolute atomic E-state index is 0.0115. The minimum Gasteiger partial charge on any atom is -0.294 e. The largest absolute Gasteiger partial charge is 0.446 e. The molecule has 0 saturated heterocycles. The van der Waals surface area contributed by atoms with Crippen molar-refractivity contribution >= 4 is 45.1 Å². The lowest BCUT2D eigenvalue weighted by atomic mass is 10.1. The molecular weight excluding hydrogens is 353 g/mol. The molecule has 0 N–H and O–H groups in total. The van der Waals surface area contributed by atoms with Crippen molar-refractivity contribution in [1.29, 1.82) is 0 Å². The number of Topliss-reactive ketones (excluding diaryl/α,β-unsaturated/α-hetero) is 1. The molecule has 0 aliphatic carbocycles. The fourth-order valence-electron chi connectivity index (χ4n) is 1.32. The van der Waals surface area contributed by atoms with Crippen LogP contribution in [0.4, 0.5) is 13.2 Å². The van der Waals surface area contributed by atoms with Gasteiger partial charge in [-0.1, -0.05) is 15.9 Å². The Morgan fingerprint density at radius 3 is 2.50 bits per heavy atom. The van der Waals surface area contributed by atoms with Crippen molar-refractivity contribution in [2.45, 2.75) is 22.2 Å². The summed E-state index contributed by atoms with van der Waals surface area (Å²) >= 11 is 8.39. The van der Waals surface area contributed by atoms with Crippen LogP contribution >= 0.6 is 39.3 Å². The summed E-state index contributed by atoms with van der Waals surface area (Å²) in [6.07, 6.45) is 0.115. The van der Waals surface area contributed by atoms with Gasteiger partial charge in [-0.15, -0.1) is 11.6 Å². The SMILES string of the molecule is O=C(CCCl)c1cc(CBr)cc(SC(F)(F)F)c1. The van der Waals surface area contributed by atoms with Crippen LogP contribution in [0.25, 0.3) is 0 Å². The van der Waals surface area contributed by atoms with Gasteiger partial charge in [0.1, 0.15) is 0 Å². The molecule has 0 heterocycles. The second-order valence-corrected chi connectivity index (χ2v) is 5.49. The van der Waals surface area contributed by atoms with Crippen LogP contribution < -0.4 is 0 Å². The number of carbonyl (C=O) groups is 1. The Hall–Kier alpha value is -0.200. The summed E-state index contributed by atoms with van der Waals surface area (Å²) in [5.74, 6) is -0.101. The van der Waals surface area contributed by atoms with Crippen LogP contribution in [0.3, 0.4) is 0 Å². The first-order valence-electron chi connectivity index (χ1n) is 4.90. The summed E-state index contributed by atoms with van der Waals surface area (Å²) in [6, 6.07) is 4.23. The standard InChI is InChI=1S/C11H9BrClF3OS/c12-6-7-3-8(10(17)1-2-13)5-9(4-7)18-11(14,15)16/h3-5H,1-2,6H2. The summed E-state index contributed by atoms with van der Waals surface area (Å²) in [7, 11) is 0. The van der Waals surface area contributed by atoms with E-state index in [1.807, 2.05) is 0 Å². The first kappa shape index (κ1) is 15.9. The third-order valence-electron chi connectivity index (χ3n) is 2.00. The number of hydrogen-bond acceptors (Lipinski definition) is 2. The molecule has 0 bridgehead atoms. The van der Waals surface area contributed by atoms with E-state index in [0.717, 1.165) is 0 Å². The zero-order valence-corrected chi connectivity index (χ0v) is 12.2. The Balaban J connectivity index is 3.05. The van der Waals surface area contributed by atoms with Gasteiger partial charge in [0.2, 0.25) is 0 Å². The van der Waals surface area contributed by atoms with Gasteiger partial charge < -0.3 is 0 Å².